The minimum absolute atomic E-state index is 0.0803. The Morgan fingerprint density at radius 3 is 2.96 bits per heavy atom. The van der Waals surface area contributed by atoms with E-state index >= 15 is 0 Å². The summed E-state index contributed by atoms with van der Waals surface area (Å²) in [4.78, 5) is 30.1. The lowest BCUT2D eigenvalue weighted by atomic mass is 10.2. The second kappa shape index (κ2) is 6.98. The maximum absolute atomic E-state index is 11.9. The summed E-state index contributed by atoms with van der Waals surface area (Å²) < 4.78 is 7.99. The van der Waals surface area contributed by atoms with Gasteiger partial charge in [-0.15, -0.1) is 0 Å². The SMILES string of the molecule is CCC(=O)N1CCC(Oc2ncnc3[nH]c(-c4cnn(CC)c4C)nc23)C1. The Morgan fingerprint density at radius 1 is 1.37 bits per heavy atom. The molecule has 142 valence electrons. The van der Waals surface area contributed by atoms with Crippen LogP contribution in [0.1, 0.15) is 32.4 Å². The molecule has 4 rings (SSSR count). The van der Waals surface area contributed by atoms with E-state index in [1.54, 1.807) is 6.20 Å². The summed E-state index contributed by atoms with van der Waals surface area (Å²) in [6.45, 7) is 8.03. The highest BCUT2D eigenvalue weighted by Gasteiger charge is 2.28. The lowest BCUT2D eigenvalue weighted by molar-refractivity contribution is -0.130. The molecule has 1 atom stereocenters. The summed E-state index contributed by atoms with van der Waals surface area (Å²) in [5.41, 5.74) is 3.19. The minimum Gasteiger partial charge on any atom is -0.471 e. The topological polar surface area (TPSA) is 102 Å². The van der Waals surface area contributed by atoms with Gasteiger partial charge in [0.25, 0.3) is 0 Å². The van der Waals surface area contributed by atoms with Gasteiger partial charge < -0.3 is 14.6 Å². The maximum atomic E-state index is 11.9. The summed E-state index contributed by atoms with van der Waals surface area (Å²) in [6, 6.07) is 0. The molecule has 3 aromatic rings. The van der Waals surface area contributed by atoms with Crippen LogP contribution in [-0.2, 0) is 11.3 Å². The second-order valence-electron chi connectivity index (χ2n) is 6.64. The molecule has 4 heterocycles. The minimum atomic E-state index is -0.0803. The molecule has 1 aliphatic rings. The van der Waals surface area contributed by atoms with Gasteiger partial charge in [-0.3, -0.25) is 9.48 Å². The van der Waals surface area contributed by atoms with Crippen molar-refractivity contribution < 1.29 is 9.53 Å². The Bertz CT molecular complexity index is 977. The van der Waals surface area contributed by atoms with Crippen LogP contribution in [0.15, 0.2) is 12.5 Å². The molecule has 1 aliphatic heterocycles. The fraction of sp³-hybridized carbons (Fsp3) is 0.500. The number of imidazole rings is 1. The van der Waals surface area contributed by atoms with Crippen molar-refractivity contribution in [2.24, 2.45) is 0 Å². The number of carbonyl (C=O) groups is 1. The molecular formula is C18H23N7O2. The summed E-state index contributed by atoms with van der Waals surface area (Å²) in [5, 5.41) is 4.37. The first-order chi connectivity index (χ1) is 13.1. The van der Waals surface area contributed by atoms with Crippen LogP contribution in [0.4, 0.5) is 0 Å². The van der Waals surface area contributed by atoms with Gasteiger partial charge in [0.1, 0.15) is 18.3 Å². The number of nitrogens with zero attached hydrogens (tertiary/aromatic N) is 6. The van der Waals surface area contributed by atoms with Crippen molar-refractivity contribution in [2.45, 2.75) is 46.3 Å². The Kier molecular flexibility index (Phi) is 4.51. The van der Waals surface area contributed by atoms with E-state index in [2.05, 4.69) is 25.0 Å². The number of carbonyl (C=O) groups excluding carboxylic acids is 1. The third-order valence-corrected chi connectivity index (χ3v) is 4.99. The van der Waals surface area contributed by atoms with E-state index in [0.29, 0.717) is 42.4 Å². The molecule has 0 bridgehead atoms. The van der Waals surface area contributed by atoms with E-state index in [-0.39, 0.29) is 12.0 Å². The molecule has 0 radical (unpaired) electrons. The molecule has 9 nitrogen and oxygen atoms in total. The van der Waals surface area contributed by atoms with Gasteiger partial charge in [0.05, 0.1) is 18.3 Å². The van der Waals surface area contributed by atoms with Crippen LogP contribution in [0.2, 0.25) is 0 Å². The van der Waals surface area contributed by atoms with Gasteiger partial charge in [0, 0.05) is 31.6 Å². The van der Waals surface area contributed by atoms with Gasteiger partial charge in [0.2, 0.25) is 11.8 Å². The van der Waals surface area contributed by atoms with Crippen molar-refractivity contribution in [2.75, 3.05) is 13.1 Å². The Hall–Kier alpha value is -2.97. The van der Waals surface area contributed by atoms with E-state index in [1.165, 1.54) is 6.33 Å². The van der Waals surface area contributed by atoms with Gasteiger partial charge >= 0.3 is 0 Å². The highest BCUT2D eigenvalue weighted by molar-refractivity contribution is 5.80. The molecule has 1 saturated heterocycles. The van der Waals surface area contributed by atoms with Crippen molar-refractivity contribution >= 4 is 17.1 Å². The van der Waals surface area contributed by atoms with E-state index in [0.717, 1.165) is 24.2 Å². The summed E-state index contributed by atoms with van der Waals surface area (Å²) in [7, 11) is 0. The van der Waals surface area contributed by atoms with Crippen molar-refractivity contribution in [3.8, 4) is 17.3 Å². The van der Waals surface area contributed by atoms with Crippen LogP contribution in [0.25, 0.3) is 22.6 Å². The van der Waals surface area contributed by atoms with Gasteiger partial charge in [-0.1, -0.05) is 6.92 Å². The lowest BCUT2D eigenvalue weighted by Crippen LogP contribution is -2.30. The zero-order valence-corrected chi connectivity index (χ0v) is 15.8. The highest BCUT2D eigenvalue weighted by Crippen LogP contribution is 2.27. The second-order valence-corrected chi connectivity index (χ2v) is 6.64. The number of H-pyrrole nitrogens is 1. The lowest BCUT2D eigenvalue weighted by Gasteiger charge is -2.16. The van der Waals surface area contributed by atoms with Crippen LogP contribution in [0.5, 0.6) is 5.88 Å². The molecule has 1 fully saturated rings. The Morgan fingerprint density at radius 2 is 2.22 bits per heavy atom. The molecule has 0 aromatic carbocycles. The summed E-state index contributed by atoms with van der Waals surface area (Å²) in [6.07, 6.45) is 4.49. The fourth-order valence-corrected chi connectivity index (χ4v) is 3.45. The zero-order valence-electron chi connectivity index (χ0n) is 15.8. The molecule has 0 spiro atoms. The number of aromatic amines is 1. The standard InChI is InChI=1S/C18H23N7O2/c1-4-14(26)24-7-6-12(9-24)27-18-15-17(19-10-20-18)23-16(22-15)13-8-21-25(5-2)11(13)3/h8,10,12H,4-7,9H2,1-3H3,(H,19,20,22,23). The predicted octanol–water partition coefficient (Wildman–Crippen LogP) is 1.93. The number of ether oxygens (including phenoxy) is 1. The number of hydrogen-bond acceptors (Lipinski definition) is 6. The van der Waals surface area contributed by atoms with Gasteiger partial charge in [-0.25, -0.2) is 9.97 Å². The molecule has 1 amide bonds. The molecule has 1 N–H and O–H groups in total. The van der Waals surface area contributed by atoms with Gasteiger partial charge in [-0.2, -0.15) is 10.1 Å². The van der Waals surface area contributed by atoms with Gasteiger partial charge in [-0.05, 0) is 13.8 Å². The third kappa shape index (κ3) is 3.13. The Labute approximate surface area is 156 Å². The average molecular weight is 369 g/mol. The van der Waals surface area contributed by atoms with Crippen molar-refractivity contribution in [3.05, 3.63) is 18.2 Å². The molecule has 0 saturated carbocycles. The van der Waals surface area contributed by atoms with Gasteiger partial charge in [0.15, 0.2) is 11.2 Å². The third-order valence-electron chi connectivity index (χ3n) is 4.99. The molecule has 27 heavy (non-hydrogen) atoms. The number of hydrogen-bond donors (Lipinski definition) is 1. The van der Waals surface area contributed by atoms with E-state index in [4.69, 9.17) is 4.74 Å². The Balaban J connectivity index is 1.60. The van der Waals surface area contributed by atoms with E-state index in [1.807, 2.05) is 30.4 Å². The van der Waals surface area contributed by atoms with Crippen LogP contribution >= 0.6 is 0 Å². The maximum Gasteiger partial charge on any atom is 0.245 e. The average Bonchev–Trinajstić information content (AvgIpc) is 3.39. The quantitative estimate of drug-likeness (QED) is 0.737. The van der Waals surface area contributed by atoms with Crippen LogP contribution < -0.4 is 4.74 Å². The normalized spacial score (nSPS) is 17.0. The fourth-order valence-electron chi connectivity index (χ4n) is 3.45. The number of rotatable bonds is 5. The first kappa shape index (κ1) is 17.4. The van der Waals surface area contributed by atoms with Crippen molar-refractivity contribution in [3.63, 3.8) is 0 Å². The number of aromatic nitrogens is 6. The predicted molar refractivity (Wildman–Crippen MR) is 99.2 cm³/mol. The number of aryl methyl sites for hydroxylation is 1. The molecule has 1 unspecified atom stereocenters. The largest absolute Gasteiger partial charge is 0.471 e. The van der Waals surface area contributed by atoms with Crippen molar-refractivity contribution in [1.29, 1.82) is 0 Å². The number of amides is 1. The monoisotopic (exact) mass is 369 g/mol. The van der Waals surface area contributed by atoms with Crippen molar-refractivity contribution in [1.82, 2.24) is 34.6 Å². The molecular weight excluding hydrogens is 346 g/mol. The van der Waals surface area contributed by atoms with E-state index in [9.17, 15) is 4.79 Å². The number of fused-ring (bicyclic) bond motifs is 1. The number of likely N-dealkylation sites (tertiary alicyclic amines) is 1. The smallest absolute Gasteiger partial charge is 0.245 e. The van der Waals surface area contributed by atoms with Crippen LogP contribution in [-0.4, -0.2) is 59.7 Å². The summed E-state index contributed by atoms with van der Waals surface area (Å²) >= 11 is 0. The van der Waals surface area contributed by atoms with Crippen LogP contribution in [0, 0.1) is 6.92 Å². The zero-order chi connectivity index (χ0) is 19.0. The van der Waals surface area contributed by atoms with Crippen LogP contribution in [0.3, 0.4) is 0 Å². The number of nitrogens with one attached hydrogen (secondary N) is 1. The van der Waals surface area contributed by atoms with E-state index < -0.39 is 0 Å². The molecule has 9 heteroatoms. The molecule has 0 aliphatic carbocycles. The molecule has 3 aromatic heterocycles. The highest BCUT2D eigenvalue weighted by atomic mass is 16.5. The summed E-state index contributed by atoms with van der Waals surface area (Å²) in [5.74, 6) is 1.29. The first-order valence-corrected chi connectivity index (χ1v) is 9.28. The first-order valence-electron chi connectivity index (χ1n) is 9.28.